The van der Waals surface area contributed by atoms with Gasteiger partial charge < -0.3 is 66.9 Å². The van der Waals surface area contributed by atoms with Crippen molar-refractivity contribution >= 4 is 47.0 Å². The minimum Gasteiger partial charge on any atom is -0.497 e. The van der Waals surface area contributed by atoms with Gasteiger partial charge in [0.1, 0.15) is 76.1 Å². The number of imidazole rings is 4. The standard InChI is InChI=1S/C28H28FN5O2.C27H27FN6O2.C27H26FN5O.C26H25FN6O/c1-20-3-5-21(6-4-20)25-19-34(23-9-7-22(29)8-10-23)27(31-25)18-28(35)33-15-13-32(14-16-33)26-17-24(36-2)11-12-30-26;1-19-3-5-20(6-4-19)23-17-34(22-9-7-21(28)8-10-22)25(31-23)16-27(35)33-13-11-32(12-14-33)24-15-26(36-2)30-18-29-24;1-20-5-7-21(8-6-20)24-19-33(23-11-9-22(28)10-12-23)26(30-24)18-27(34)32-16-14-31(15-17-32)25-4-2-3-13-29-25;1-19-3-5-20(6-4-19)23-18-33(22-9-7-21(27)8-10-22)24(30-23)17-25(34)31-13-15-32(16-14-31)26-28-11-2-12-29-26/h3-12,17,19H,13-16,18H2,1-2H3;3-10,15,17-18H,11-14,16H2,1-2H3;2-13,19H,14-18H2,1H3;2-12,18H,13-17H2,1H3. The van der Waals surface area contributed by atoms with E-state index in [4.69, 9.17) is 29.4 Å². The van der Waals surface area contributed by atoms with E-state index in [1.54, 1.807) is 99.7 Å². The van der Waals surface area contributed by atoms with Crippen LogP contribution in [0.5, 0.6) is 11.6 Å². The van der Waals surface area contributed by atoms with Crippen molar-refractivity contribution in [1.29, 1.82) is 0 Å². The number of carbonyl (C=O) groups excluding carboxylic acids is 4. The highest BCUT2D eigenvalue weighted by Crippen LogP contribution is 2.32. The number of carbonyl (C=O) groups is 4. The van der Waals surface area contributed by atoms with Gasteiger partial charge in [-0.2, -0.15) is 0 Å². The summed E-state index contributed by atoms with van der Waals surface area (Å²) in [4.78, 5) is 114. The molecule has 0 aliphatic carbocycles. The van der Waals surface area contributed by atoms with Crippen molar-refractivity contribution < 1.29 is 46.2 Å². The first-order valence-electron chi connectivity index (χ1n) is 46.4. The highest BCUT2D eigenvalue weighted by molar-refractivity contribution is 5.82. The Morgan fingerprint density at radius 2 is 0.579 bits per heavy atom. The lowest BCUT2D eigenvalue weighted by molar-refractivity contribution is -0.131. The highest BCUT2D eigenvalue weighted by atomic mass is 19.1. The fraction of sp³-hybridized carbons (Fsp3) is 0.241. The maximum absolute atomic E-state index is 13.6. The number of anilines is 4. The van der Waals surface area contributed by atoms with Gasteiger partial charge >= 0.3 is 0 Å². The van der Waals surface area contributed by atoms with Crippen LogP contribution in [0.15, 0.2) is 292 Å². The Balaban J connectivity index is 0.000000129. The molecule has 712 valence electrons. The molecule has 4 aliphatic heterocycles. The summed E-state index contributed by atoms with van der Waals surface area (Å²) in [5.74, 6) is 5.85. The summed E-state index contributed by atoms with van der Waals surface area (Å²) in [6.45, 7) is 18.5. The second-order valence-electron chi connectivity index (χ2n) is 34.4. The smallest absolute Gasteiger partial charge is 0.230 e. The molecular weight excluding hydrogens is 1780 g/mol. The lowest BCUT2D eigenvalue weighted by atomic mass is 10.1. The van der Waals surface area contributed by atoms with Crippen molar-refractivity contribution in [2.24, 2.45) is 0 Å². The molecule has 8 aromatic heterocycles. The summed E-state index contributed by atoms with van der Waals surface area (Å²) >= 11 is 0. The molecule has 12 heterocycles. The van der Waals surface area contributed by atoms with E-state index < -0.39 is 0 Å². The topological polar surface area (TPSA) is 261 Å². The molecule has 8 aromatic carbocycles. The average molecular weight is 1880 g/mol. The molecule has 16 aromatic rings. The first kappa shape index (κ1) is 95.2. The number of hydrogen-bond acceptors (Lipinski definition) is 20. The largest absolute Gasteiger partial charge is 0.497 e. The van der Waals surface area contributed by atoms with Crippen molar-refractivity contribution in [2.75, 3.05) is 139 Å². The third-order valence-electron chi connectivity index (χ3n) is 24.9. The summed E-state index contributed by atoms with van der Waals surface area (Å²) in [6, 6.07) is 70.5. The van der Waals surface area contributed by atoms with Gasteiger partial charge in [0.15, 0.2) is 0 Å². The summed E-state index contributed by atoms with van der Waals surface area (Å²) in [5.41, 5.74) is 14.7. The molecule has 0 spiro atoms. The quantitative estimate of drug-likeness (QED) is 0.0571. The number of aromatic nitrogens is 14. The van der Waals surface area contributed by atoms with Crippen molar-refractivity contribution in [2.45, 2.75) is 53.4 Å². The average Bonchev–Trinajstić information content (AvgIpc) is 1.76. The van der Waals surface area contributed by atoms with E-state index in [1.807, 2.05) is 218 Å². The molecule has 0 unspecified atom stereocenters. The van der Waals surface area contributed by atoms with E-state index in [-0.39, 0.29) is 72.6 Å². The van der Waals surface area contributed by atoms with Crippen LogP contribution >= 0.6 is 0 Å². The number of nitrogens with zero attached hydrogens (tertiary/aromatic N) is 22. The summed E-state index contributed by atoms with van der Waals surface area (Å²) in [6.07, 6.45) is 16.7. The van der Waals surface area contributed by atoms with Gasteiger partial charge in [0.05, 0.1) is 62.7 Å². The van der Waals surface area contributed by atoms with Gasteiger partial charge in [-0.1, -0.05) is 125 Å². The summed E-state index contributed by atoms with van der Waals surface area (Å²) in [7, 11) is 3.21. The SMILES string of the molecule is COc1cc(N2CCN(C(=O)Cc3nc(-c4ccc(C)cc4)cn3-c3ccc(F)cc3)CC2)ncn1.COc1ccnc(N2CCN(C(=O)Cc3nc(-c4ccc(C)cc4)cn3-c3ccc(F)cc3)CC2)c1.Cc1ccc(-c2cn(-c3ccc(F)cc3)c(CC(=O)N3CCN(c4ccccn4)CC3)n2)cc1.Cc1ccc(-c2cn(-c3ccc(F)cc3)c(CC(=O)N3CCN(c4ncccn4)CC3)n2)cc1. The molecule has 20 rings (SSSR count). The second-order valence-corrected chi connectivity index (χ2v) is 34.4. The molecule has 0 N–H and O–H groups in total. The van der Waals surface area contributed by atoms with E-state index in [1.165, 1.54) is 60.4 Å². The van der Waals surface area contributed by atoms with Gasteiger partial charge in [-0.3, -0.25) is 19.2 Å². The van der Waals surface area contributed by atoms with Crippen LogP contribution in [-0.2, 0) is 44.9 Å². The van der Waals surface area contributed by atoms with Gasteiger partial charge in [0.25, 0.3) is 0 Å². The van der Waals surface area contributed by atoms with Crippen LogP contribution in [0.25, 0.3) is 67.8 Å². The van der Waals surface area contributed by atoms with Crippen molar-refractivity contribution in [3.05, 3.63) is 361 Å². The van der Waals surface area contributed by atoms with E-state index in [0.717, 1.165) is 121 Å². The number of methoxy groups -OCH3 is 2. The molecule has 0 radical (unpaired) electrons. The minimum absolute atomic E-state index is 0.000615. The molecule has 4 fully saturated rings. The number of ether oxygens (including phenoxy) is 2. The van der Waals surface area contributed by atoms with E-state index in [9.17, 15) is 36.7 Å². The third-order valence-corrected chi connectivity index (χ3v) is 24.9. The van der Waals surface area contributed by atoms with Crippen LogP contribution in [-0.4, -0.2) is 230 Å². The molecule has 4 amide bonds. The van der Waals surface area contributed by atoms with Gasteiger partial charge in [0, 0.05) is 211 Å². The van der Waals surface area contributed by atoms with Crippen LogP contribution in [0.2, 0.25) is 0 Å². The normalized spacial score (nSPS) is 13.7. The number of hydrogen-bond donors (Lipinski definition) is 0. The molecule has 4 aliphatic rings. The summed E-state index contributed by atoms with van der Waals surface area (Å²) in [5, 5.41) is 0. The summed E-state index contributed by atoms with van der Waals surface area (Å²) < 4.78 is 72.2. The molecule has 28 nitrogen and oxygen atoms in total. The van der Waals surface area contributed by atoms with Crippen molar-refractivity contribution in [3.8, 4) is 79.4 Å². The maximum Gasteiger partial charge on any atom is 0.230 e. The van der Waals surface area contributed by atoms with E-state index in [2.05, 4.69) is 49.5 Å². The maximum atomic E-state index is 13.6. The Morgan fingerprint density at radius 3 is 0.879 bits per heavy atom. The number of aryl methyl sites for hydroxylation is 4. The molecule has 32 heteroatoms. The van der Waals surface area contributed by atoms with Gasteiger partial charge in [-0.05, 0) is 149 Å². The number of piperazine rings is 4. The van der Waals surface area contributed by atoms with Crippen molar-refractivity contribution in [3.63, 3.8) is 0 Å². The zero-order chi connectivity index (χ0) is 97.1. The first-order chi connectivity index (χ1) is 68.1. The fourth-order valence-corrected chi connectivity index (χ4v) is 16.9. The third kappa shape index (κ3) is 23.9. The Morgan fingerprint density at radius 1 is 0.286 bits per heavy atom. The number of pyridine rings is 2. The zero-order valence-electron chi connectivity index (χ0n) is 78.7. The van der Waals surface area contributed by atoms with Gasteiger partial charge in [-0.25, -0.2) is 67.4 Å². The van der Waals surface area contributed by atoms with Crippen molar-refractivity contribution in [1.82, 2.24) is 87.7 Å². The Bertz CT molecular complexity index is 6450. The monoisotopic (exact) mass is 1880 g/mol. The first-order valence-corrected chi connectivity index (χ1v) is 46.4. The Hall–Kier alpha value is -16.5. The van der Waals surface area contributed by atoms with Crippen LogP contribution in [0.3, 0.4) is 0 Å². The predicted octanol–water partition coefficient (Wildman–Crippen LogP) is 15.9. The number of halogens is 4. The highest BCUT2D eigenvalue weighted by Gasteiger charge is 2.31. The lowest BCUT2D eigenvalue weighted by Crippen LogP contribution is -2.49. The van der Waals surface area contributed by atoms with E-state index in [0.29, 0.717) is 127 Å². The number of rotatable bonds is 22. The molecule has 0 atom stereocenters. The van der Waals surface area contributed by atoms with Gasteiger partial charge in [-0.15, -0.1) is 0 Å². The number of benzene rings is 8. The second kappa shape index (κ2) is 44.5. The predicted molar refractivity (Wildman–Crippen MR) is 530 cm³/mol. The van der Waals surface area contributed by atoms with Crippen LogP contribution in [0.1, 0.15) is 45.6 Å². The van der Waals surface area contributed by atoms with E-state index >= 15 is 0 Å². The number of amides is 4. The van der Waals surface area contributed by atoms with Gasteiger partial charge in [0.2, 0.25) is 35.5 Å². The van der Waals surface area contributed by atoms with Crippen LogP contribution in [0.4, 0.5) is 41.0 Å². The molecule has 0 bridgehead atoms. The molecular formula is C108H106F4N22O6. The molecule has 4 saturated heterocycles. The minimum atomic E-state index is -0.311. The molecule has 0 saturated carbocycles. The fourth-order valence-electron chi connectivity index (χ4n) is 16.9. The Kier molecular flexibility index (Phi) is 30.3. The van der Waals surface area contributed by atoms with Crippen LogP contribution in [0, 0.1) is 51.0 Å². The Labute approximate surface area is 809 Å². The zero-order valence-corrected chi connectivity index (χ0v) is 78.7. The molecule has 140 heavy (non-hydrogen) atoms. The van der Waals surface area contributed by atoms with Crippen LogP contribution < -0.4 is 29.1 Å². The lowest BCUT2D eigenvalue weighted by Gasteiger charge is -2.35.